The number of rotatable bonds is 9. The van der Waals surface area contributed by atoms with Crippen LogP contribution in [0.25, 0.3) is 0 Å². The van der Waals surface area contributed by atoms with Crippen LogP contribution in [-0.4, -0.2) is 34.7 Å². The van der Waals surface area contributed by atoms with Gasteiger partial charge in [0.05, 0.1) is 5.41 Å². The number of amides is 1. The molecule has 2 aliphatic rings. The first-order valence-corrected chi connectivity index (χ1v) is 14.9. The van der Waals surface area contributed by atoms with Crippen molar-refractivity contribution < 1.29 is 23.7 Å². The Kier molecular flexibility index (Phi) is 7.91. The number of nitrogens with one attached hydrogen (secondary N) is 1. The fourth-order valence-electron chi connectivity index (χ4n) is 5.87. The Bertz CT molecular complexity index is 1460. The van der Waals surface area contributed by atoms with Gasteiger partial charge in [-0.1, -0.05) is 44.2 Å². The summed E-state index contributed by atoms with van der Waals surface area (Å²) in [5.74, 6) is 0. The van der Waals surface area contributed by atoms with Gasteiger partial charge in [0.1, 0.15) is 6.54 Å². The maximum Gasteiger partial charge on any atom is 0.209 e. The Morgan fingerprint density at radius 2 is 1.77 bits per heavy atom. The van der Waals surface area contributed by atoms with Crippen molar-refractivity contribution >= 4 is 36.4 Å². The van der Waals surface area contributed by atoms with Crippen LogP contribution in [0.3, 0.4) is 0 Å². The van der Waals surface area contributed by atoms with Crippen LogP contribution in [0.1, 0.15) is 58.2 Å². The lowest BCUT2D eigenvalue weighted by Crippen LogP contribution is -2.28. The fourth-order valence-corrected chi connectivity index (χ4v) is 6.43. The Labute approximate surface area is 231 Å². The normalized spacial score (nSPS) is 20.1. The first kappa shape index (κ1) is 28.8. The number of fused-ring (bicyclic) bond motifs is 2. The largest absolute Gasteiger partial charge is 0.775 e. The minimum Gasteiger partial charge on any atom is -0.775 e. The predicted molar refractivity (Wildman–Crippen MR) is 156 cm³/mol. The summed E-state index contributed by atoms with van der Waals surface area (Å²) in [5, 5.41) is 2.69. The maximum absolute atomic E-state index is 11.8. The van der Waals surface area contributed by atoms with E-state index in [0.717, 1.165) is 42.0 Å². The van der Waals surface area contributed by atoms with Crippen molar-refractivity contribution in [3.05, 3.63) is 89.2 Å². The molecule has 39 heavy (non-hydrogen) atoms. The quantitative estimate of drug-likeness (QED) is 0.211. The Balaban J connectivity index is 1.60. The van der Waals surface area contributed by atoms with Gasteiger partial charge in [0, 0.05) is 52.9 Å². The van der Waals surface area contributed by atoms with Crippen molar-refractivity contribution in [2.24, 2.45) is 0 Å². The molecule has 0 fully saturated rings. The van der Waals surface area contributed by atoms with E-state index in [9.17, 15) is 19.1 Å². The second-order valence-corrected chi connectivity index (χ2v) is 12.5. The van der Waals surface area contributed by atoms with E-state index in [2.05, 4.69) is 92.8 Å². The van der Waals surface area contributed by atoms with Gasteiger partial charge in [-0.25, -0.2) is 0 Å². The van der Waals surface area contributed by atoms with E-state index in [1.165, 1.54) is 23.0 Å². The van der Waals surface area contributed by atoms with E-state index in [1.807, 2.05) is 12.2 Å². The molecule has 206 valence electrons. The summed E-state index contributed by atoms with van der Waals surface area (Å²) in [7, 11) is -4.58. The van der Waals surface area contributed by atoms with E-state index >= 15 is 0 Å². The Hall–Kier alpha value is -3.25. The van der Waals surface area contributed by atoms with E-state index < -0.39 is 13.0 Å². The molecule has 2 aromatic rings. The molecule has 1 atom stereocenters. The molecule has 1 unspecified atom stereocenters. The van der Waals surface area contributed by atoms with Crippen molar-refractivity contribution in [2.45, 2.75) is 58.9 Å². The van der Waals surface area contributed by atoms with Crippen LogP contribution in [0.2, 0.25) is 0 Å². The molecule has 8 heteroatoms. The summed E-state index contributed by atoms with van der Waals surface area (Å²) >= 11 is 0. The van der Waals surface area contributed by atoms with Crippen molar-refractivity contribution in [1.82, 2.24) is 5.32 Å². The molecule has 2 heterocycles. The summed E-state index contributed by atoms with van der Waals surface area (Å²) < 4.78 is 13.9. The molecule has 2 N–H and O–H groups in total. The summed E-state index contributed by atoms with van der Waals surface area (Å²) in [6.45, 7) is 14.9. The second kappa shape index (κ2) is 10.7. The average molecular weight is 548 g/mol. The van der Waals surface area contributed by atoms with Gasteiger partial charge < -0.3 is 24.6 Å². The van der Waals surface area contributed by atoms with Crippen LogP contribution in [0.5, 0.6) is 0 Å². The van der Waals surface area contributed by atoms with Gasteiger partial charge in [0.2, 0.25) is 12.1 Å². The monoisotopic (exact) mass is 547 g/mol. The summed E-state index contributed by atoms with van der Waals surface area (Å²) in [6, 6.07) is 11.2. The molecule has 0 aliphatic carbocycles. The highest BCUT2D eigenvalue weighted by Crippen LogP contribution is 2.48. The zero-order valence-electron chi connectivity index (χ0n) is 23.6. The minimum absolute atomic E-state index is 0.0603. The molecule has 2 aromatic carbocycles. The summed E-state index contributed by atoms with van der Waals surface area (Å²) in [5.41, 5.74) is 7.00. The molecule has 0 aromatic heterocycles. The zero-order valence-corrected chi connectivity index (χ0v) is 24.5. The van der Waals surface area contributed by atoms with Crippen molar-refractivity contribution in [2.75, 3.05) is 18.0 Å². The topological polar surface area (TPSA) is 95.7 Å². The number of allylic oxidation sites excluding steroid dienone is 6. The van der Waals surface area contributed by atoms with Crippen molar-refractivity contribution in [3.8, 4) is 0 Å². The number of nitrogens with zero attached hydrogens (tertiary/aromatic N) is 2. The second-order valence-electron chi connectivity index (χ2n) is 11.0. The van der Waals surface area contributed by atoms with Gasteiger partial charge in [0.25, 0.3) is 0 Å². The van der Waals surface area contributed by atoms with E-state index in [-0.39, 0.29) is 10.7 Å². The third-order valence-electron chi connectivity index (χ3n) is 7.91. The highest BCUT2D eigenvalue weighted by atomic mass is 31.2. The van der Waals surface area contributed by atoms with Crippen LogP contribution in [0, 0.1) is 0 Å². The SMILES string of the molecule is CCN1/C(=C/C=C/C=C/C2=[N+](CC)c3ccc(P(=O)([O-])O)cc3C2(C)C)C(C)(C)c2cc(CNC=O)ccc21. The average Bonchev–Trinajstić information content (AvgIpc) is 3.24. The van der Waals surface area contributed by atoms with E-state index in [4.69, 9.17) is 0 Å². The lowest BCUT2D eigenvalue weighted by Gasteiger charge is -2.25. The smallest absolute Gasteiger partial charge is 0.209 e. The molecule has 4 rings (SSSR count). The number of carbonyl (C=O) groups excluding carboxylic acids is 1. The van der Waals surface area contributed by atoms with Gasteiger partial charge >= 0.3 is 0 Å². The highest BCUT2D eigenvalue weighted by Gasteiger charge is 2.44. The first-order valence-electron chi connectivity index (χ1n) is 13.3. The Morgan fingerprint density at radius 3 is 2.41 bits per heavy atom. The third kappa shape index (κ3) is 5.19. The summed E-state index contributed by atoms with van der Waals surface area (Å²) in [4.78, 5) is 34.4. The standard InChI is InChI=1S/C31H38N3O4P/c1-7-33-26-16-14-22(20-32-21-35)18-24(26)30(3,4)28(33)12-10-9-11-13-29-31(5,6)25-19-23(39(36,37)38)15-17-27(25)34(29)8-2/h9-19,21H,7-8,20H2,1-6H3,(H2-,32,35,36,37,38). The number of benzene rings is 2. The number of anilines is 1. The molecule has 0 saturated carbocycles. The number of likely N-dealkylation sites (N-methyl/N-ethyl adjacent to an activating group) is 1. The van der Waals surface area contributed by atoms with Gasteiger partial charge in [-0.3, -0.25) is 4.79 Å². The van der Waals surface area contributed by atoms with Gasteiger partial charge in [0.15, 0.2) is 13.3 Å². The van der Waals surface area contributed by atoms with Crippen molar-refractivity contribution in [1.29, 1.82) is 0 Å². The van der Waals surface area contributed by atoms with Crippen LogP contribution in [-0.2, 0) is 26.7 Å². The molecule has 0 radical (unpaired) electrons. The number of hydrogen-bond donors (Lipinski definition) is 2. The van der Waals surface area contributed by atoms with Gasteiger partial charge in [-0.05, 0) is 63.1 Å². The Morgan fingerprint density at radius 1 is 1.03 bits per heavy atom. The highest BCUT2D eigenvalue weighted by molar-refractivity contribution is 7.58. The van der Waals surface area contributed by atoms with Crippen LogP contribution in [0.4, 0.5) is 11.4 Å². The zero-order chi connectivity index (χ0) is 28.6. The maximum atomic E-state index is 11.8. The molecule has 0 bridgehead atoms. The molecule has 1 amide bonds. The fraction of sp³-hybridized carbons (Fsp3) is 0.355. The van der Waals surface area contributed by atoms with Crippen LogP contribution in [0.15, 0.2) is 72.5 Å². The number of carbonyl (C=O) groups is 1. The molecular formula is C31H38N3O4P. The lowest BCUT2D eigenvalue weighted by molar-refractivity contribution is -0.433. The van der Waals surface area contributed by atoms with E-state index in [1.54, 1.807) is 12.1 Å². The first-order chi connectivity index (χ1) is 18.4. The van der Waals surface area contributed by atoms with Gasteiger partial charge in [-0.15, -0.1) is 0 Å². The molecule has 0 spiro atoms. The van der Waals surface area contributed by atoms with Crippen molar-refractivity contribution in [3.63, 3.8) is 0 Å². The van der Waals surface area contributed by atoms with E-state index in [0.29, 0.717) is 6.54 Å². The number of hydrogen-bond acceptors (Lipinski definition) is 4. The lowest BCUT2D eigenvalue weighted by atomic mass is 9.81. The molecular weight excluding hydrogens is 509 g/mol. The molecule has 7 nitrogen and oxygen atoms in total. The predicted octanol–water partition coefficient (Wildman–Crippen LogP) is 4.31. The minimum atomic E-state index is -4.58. The third-order valence-corrected chi connectivity index (χ3v) is 8.84. The van der Waals surface area contributed by atoms with Crippen LogP contribution >= 0.6 is 7.60 Å². The van der Waals surface area contributed by atoms with Crippen LogP contribution < -0.4 is 20.4 Å². The summed E-state index contributed by atoms with van der Waals surface area (Å²) in [6.07, 6.45) is 11.0. The molecule has 2 aliphatic heterocycles. The molecule has 0 saturated heterocycles. The van der Waals surface area contributed by atoms with Gasteiger partial charge in [-0.2, -0.15) is 4.58 Å².